The molecule has 1 aromatic heterocycles. The highest BCUT2D eigenvalue weighted by molar-refractivity contribution is 5.81. The Kier molecular flexibility index (Phi) is 4.45. The van der Waals surface area contributed by atoms with E-state index in [2.05, 4.69) is 74.0 Å². The van der Waals surface area contributed by atoms with E-state index in [1.54, 1.807) is 0 Å². The Morgan fingerprint density at radius 3 is 2.60 bits per heavy atom. The molecule has 0 unspecified atom stereocenters. The van der Waals surface area contributed by atoms with E-state index >= 15 is 0 Å². The van der Waals surface area contributed by atoms with Crippen molar-refractivity contribution >= 4 is 10.9 Å². The number of hydrogen-bond acceptors (Lipinski definition) is 3. The van der Waals surface area contributed by atoms with Crippen LogP contribution in [0.3, 0.4) is 0 Å². The van der Waals surface area contributed by atoms with Crippen molar-refractivity contribution in [3.8, 4) is 0 Å². The average Bonchev–Trinajstić information content (AvgIpc) is 2.77. The first kappa shape index (κ1) is 15.0. The molecule has 0 fully saturated rings. The van der Waals surface area contributed by atoms with Crippen LogP contribution in [0.15, 0.2) is 24.3 Å². The first-order valence-corrected chi connectivity index (χ1v) is 7.28. The average molecular weight is 274 g/mol. The molecule has 0 radical (unpaired) electrons. The monoisotopic (exact) mass is 274 g/mol. The second-order valence-electron chi connectivity index (χ2n) is 6.09. The van der Waals surface area contributed by atoms with Crippen molar-refractivity contribution in [1.29, 1.82) is 0 Å². The number of rotatable bonds is 6. The minimum atomic E-state index is 0.142. The molecule has 20 heavy (non-hydrogen) atoms. The van der Waals surface area contributed by atoms with Gasteiger partial charge in [-0.15, -0.1) is 0 Å². The summed E-state index contributed by atoms with van der Waals surface area (Å²) in [7, 11) is 4.23. The lowest BCUT2D eigenvalue weighted by atomic mass is 10.0. The summed E-state index contributed by atoms with van der Waals surface area (Å²) in [5, 5.41) is 9.50. The van der Waals surface area contributed by atoms with Gasteiger partial charge in [0.05, 0.1) is 11.2 Å². The molecule has 0 saturated carbocycles. The Hall–Kier alpha value is -1.39. The third-order valence-corrected chi connectivity index (χ3v) is 4.09. The molecule has 4 nitrogen and oxygen atoms in total. The van der Waals surface area contributed by atoms with Crippen LogP contribution in [0.25, 0.3) is 10.9 Å². The summed E-state index contributed by atoms with van der Waals surface area (Å²) in [6, 6.07) is 8.45. The van der Waals surface area contributed by atoms with Gasteiger partial charge in [0, 0.05) is 30.6 Å². The van der Waals surface area contributed by atoms with Gasteiger partial charge in [-0.3, -0.25) is 4.68 Å². The third kappa shape index (κ3) is 3.02. The molecule has 4 heteroatoms. The van der Waals surface area contributed by atoms with Crippen molar-refractivity contribution in [2.45, 2.75) is 39.4 Å². The minimum Gasteiger partial charge on any atom is -0.309 e. The van der Waals surface area contributed by atoms with Gasteiger partial charge in [0.1, 0.15) is 0 Å². The molecule has 2 rings (SSSR count). The fourth-order valence-corrected chi connectivity index (χ4v) is 2.21. The van der Waals surface area contributed by atoms with E-state index in [0.29, 0.717) is 0 Å². The first-order chi connectivity index (χ1) is 9.45. The summed E-state index contributed by atoms with van der Waals surface area (Å²) in [5.74, 6) is 0. The summed E-state index contributed by atoms with van der Waals surface area (Å²) >= 11 is 0. The Morgan fingerprint density at radius 1 is 1.25 bits per heavy atom. The highest BCUT2D eigenvalue weighted by Gasteiger charge is 2.20. The number of benzene rings is 1. The van der Waals surface area contributed by atoms with Crippen LogP contribution in [0.4, 0.5) is 0 Å². The predicted molar refractivity (Wildman–Crippen MR) is 84.9 cm³/mol. The zero-order valence-corrected chi connectivity index (χ0v) is 13.3. The van der Waals surface area contributed by atoms with E-state index in [4.69, 9.17) is 5.10 Å². The number of nitrogens with zero attached hydrogens (tertiary/aromatic N) is 3. The van der Waals surface area contributed by atoms with Gasteiger partial charge in [-0.05, 0) is 40.9 Å². The topological polar surface area (TPSA) is 33.1 Å². The van der Waals surface area contributed by atoms with Gasteiger partial charge in [-0.1, -0.05) is 18.2 Å². The number of fused-ring (bicyclic) bond motifs is 1. The summed E-state index contributed by atoms with van der Waals surface area (Å²) in [5.41, 5.74) is 2.50. The van der Waals surface area contributed by atoms with Crippen molar-refractivity contribution in [1.82, 2.24) is 20.0 Å². The highest BCUT2D eigenvalue weighted by atomic mass is 15.3. The number of para-hydroxylation sites is 1. The molecular weight excluding hydrogens is 248 g/mol. The molecule has 0 aliphatic carbocycles. The van der Waals surface area contributed by atoms with Gasteiger partial charge >= 0.3 is 0 Å². The zero-order chi connectivity index (χ0) is 14.8. The molecule has 0 aliphatic heterocycles. The van der Waals surface area contributed by atoms with E-state index in [9.17, 15) is 0 Å². The quantitative estimate of drug-likeness (QED) is 0.878. The van der Waals surface area contributed by atoms with Gasteiger partial charge in [-0.2, -0.15) is 5.10 Å². The molecule has 1 N–H and O–H groups in total. The molecule has 0 saturated heterocycles. The molecular formula is C16H26N4. The number of likely N-dealkylation sites (N-methyl/N-ethyl adjacent to an activating group) is 1. The molecule has 110 valence electrons. The summed E-state index contributed by atoms with van der Waals surface area (Å²) in [6.07, 6.45) is 0. The van der Waals surface area contributed by atoms with Crippen molar-refractivity contribution in [3.05, 3.63) is 30.0 Å². The number of nitrogens with one attached hydrogen (secondary N) is 1. The van der Waals surface area contributed by atoms with Crippen molar-refractivity contribution in [3.63, 3.8) is 0 Å². The number of hydrogen-bond donors (Lipinski definition) is 1. The van der Waals surface area contributed by atoms with Gasteiger partial charge < -0.3 is 10.2 Å². The second kappa shape index (κ2) is 5.94. The van der Waals surface area contributed by atoms with Gasteiger partial charge in [-0.25, -0.2) is 0 Å². The van der Waals surface area contributed by atoms with Crippen LogP contribution in [0.5, 0.6) is 0 Å². The molecule has 1 heterocycles. The van der Waals surface area contributed by atoms with Crippen LogP contribution in [0.2, 0.25) is 0 Å². The lowest BCUT2D eigenvalue weighted by Crippen LogP contribution is -2.46. The fraction of sp³-hybridized carbons (Fsp3) is 0.562. The largest absolute Gasteiger partial charge is 0.309 e. The smallest absolute Gasteiger partial charge is 0.0841 e. The maximum absolute atomic E-state index is 4.71. The van der Waals surface area contributed by atoms with Crippen molar-refractivity contribution < 1.29 is 0 Å². The van der Waals surface area contributed by atoms with Gasteiger partial charge in [0.2, 0.25) is 0 Å². The maximum Gasteiger partial charge on any atom is 0.0841 e. The SMILES string of the molecule is CCn1nc(CNCC(C)(C)N(C)C)c2ccccc21. The second-order valence-corrected chi connectivity index (χ2v) is 6.09. The number of aromatic nitrogens is 2. The highest BCUT2D eigenvalue weighted by Crippen LogP contribution is 2.18. The standard InChI is InChI=1S/C16H26N4/c1-6-20-15-10-8-7-9-13(15)14(18-20)11-17-12-16(2,3)19(4)5/h7-10,17H,6,11-12H2,1-5H3. The Morgan fingerprint density at radius 2 is 1.95 bits per heavy atom. The number of aryl methyl sites for hydroxylation is 1. The molecule has 0 aliphatic rings. The van der Waals surface area contributed by atoms with Crippen LogP contribution < -0.4 is 5.32 Å². The third-order valence-electron chi connectivity index (χ3n) is 4.09. The van der Waals surface area contributed by atoms with Crippen LogP contribution in [0.1, 0.15) is 26.5 Å². The van der Waals surface area contributed by atoms with Crippen LogP contribution in [-0.2, 0) is 13.1 Å². The molecule has 0 bridgehead atoms. The first-order valence-electron chi connectivity index (χ1n) is 7.28. The van der Waals surface area contributed by atoms with Gasteiger partial charge in [0.15, 0.2) is 0 Å². The van der Waals surface area contributed by atoms with E-state index in [-0.39, 0.29) is 5.54 Å². The van der Waals surface area contributed by atoms with Crippen molar-refractivity contribution in [2.75, 3.05) is 20.6 Å². The van der Waals surface area contributed by atoms with Crippen LogP contribution in [0, 0.1) is 0 Å². The normalized spacial score (nSPS) is 12.5. The Labute approximate surface area is 121 Å². The Balaban J connectivity index is 2.11. The van der Waals surface area contributed by atoms with E-state index < -0.39 is 0 Å². The predicted octanol–water partition coefficient (Wildman–Crippen LogP) is 2.49. The van der Waals surface area contributed by atoms with Crippen LogP contribution in [-0.4, -0.2) is 40.9 Å². The summed E-state index contributed by atoms with van der Waals surface area (Å²) in [6.45, 7) is 9.26. The van der Waals surface area contributed by atoms with Crippen LogP contribution >= 0.6 is 0 Å². The maximum atomic E-state index is 4.71. The lowest BCUT2D eigenvalue weighted by molar-refractivity contribution is 0.189. The summed E-state index contributed by atoms with van der Waals surface area (Å²) < 4.78 is 2.07. The molecule has 0 amide bonds. The fourth-order valence-electron chi connectivity index (χ4n) is 2.21. The van der Waals surface area contributed by atoms with E-state index in [0.717, 1.165) is 25.3 Å². The Bertz CT molecular complexity index is 569. The van der Waals surface area contributed by atoms with Crippen molar-refractivity contribution in [2.24, 2.45) is 0 Å². The zero-order valence-electron chi connectivity index (χ0n) is 13.3. The lowest BCUT2D eigenvalue weighted by Gasteiger charge is -2.32. The van der Waals surface area contributed by atoms with E-state index in [1.807, 2.05) is 0 Å². The molecule has 1 aromatic carbocycles. The van der Waals surface area contributed by atoms with E-state index in [1.165, 1.54) is 10.9 Å². The summed E-state index contributed by atoms with van der Waals surface area (Å²) in [4.78, 5) is 2.24. The molecule has 0 atom stereocenters. The van der Waals surface area contributed by atoms with Gasteiger partial charge in [0.25, 0.3) is 0 Å². The molecule has 0 spiro atoms. The molecule has 2 aromatic rings. The minimum absolute atomic E-state index is 0.142.